The minimum atomic E-state index is -0.318. The van der Waals surface area contributed by atoms with Crippen molar-refractivity contribution in [3.05, 3.63) is 0 Å². The van der Waals surface area contributed by atoms with Gasteiger partial charge in [0.05, 0.1) is 24.5 Å². The predicted molar refractivity (Wildman–Crippen MR) is 105 cm³/mol. The molecule has 4 heteroatoms. The summed E-state index contributed by atoms with van der Waals surface area (Å²) in [5.41, 5.74) is 0. The lowest BCUT2D eigenvalue weighted by Crippen LogP contribution is -2.36. The highest BCUT2D eigenvalue weighted by atomic mass is 16.5. The minimum absolute atomic E-state index is 0.136. The first-order valence-electron chi connectivity index (χ1n) is 10.9. The molecule has 2 unspecified atom stereocenters. The Morgan fingerprint density at radius 2 is 1.31 bits per heavy atom. The third-order valence-corrected chi connectivity index (χ3v) is 5.22. The van der Waals surface area contributed by atoms with Crippen LogP contribution in [-0.4, -0.2) is 24.6 Å². The van der Waals surface area contributed by atoms with Gasteiger partial charge >= 0.3 is 11.9 Å². The van der Waals surface area contributed by atoms with Gasteiger partial charge in [0.2, 0.25) is 0 Å². The van der Waals surface area contributed by atoms with Crippen molar-refractivity contribution in [2.45, 2.75) is 110 Å². The molecule has 0 aromatic carbocycles. The van der Waals surface area contributed by atoms with Gasteiger partial charge < -0.3 is 9.47 Å². The number of hydrogen-bond acceptors (Lipinski definition) is 4. The second-order valence-electron chi connectivity index (χ2n) is 7.98. The zero-order chi connectivity index (χ0) is 19.2. The molecule has 0 spiro atoms. The van der Waals surface area contributed by atoms with Crippen molar-refractivity contribution in [2.24, 2.45) is 11.8 Å². The van der Waals surface area contributed by atoms with Crippen LogP contribution in [0.1, 0.15) is 104 Å². The van der Waals surface area contributed by atoms with E-state index in [0.29, 0.717) is 6.61 Å². The van der Waals surface area contributed by atoms with Crippen molar-refractivity contribution in [2.75, 3.05) is 6.61 Å². The number of carbonyl (C=O) groups excluding carboxylic acids is 2. The van der Waals surface area contributed by atoms with E-state index >= 15 is 0 Å². The predicted octanol–water partition coefficient (Wildman–Crippen LogP) is 5.82. The van der Waals surface area contributed by atoms with Gasteiger partial charge in [-0.25, -0.2) is 0 Å². The number of ether oxygens (including phenoxy) is 2. The Labute approximate surface area is 160 Å². The van der Waals surface area contributed by atoms with Crippen LogP contribution in [-0.2, 0) is 19.1 Å². The Balaban J connectivity index is 2.17. The second kappa shape index (κ2) is 14.1. The average Bonchev–Trinajstić information content (AvgIpc) is 2.62. The lowest BCUT2D eigenvalue weighted by molar-refractivity contribution is -0.165. The van der Waals surface area contributed by atoms with Crippen LogP contribution in [0.4, 0.5) is 0 Å². The molecular formula is C22H40O4. The van der Waals surface area contributed by atoms with Crippen molar-refractivity contribution < 1.29 is 19.1 Å². The van der Waals surface area contributed by atoms with Crippen molar-refractivity contribution >= 4 is 11.9 Å². The van der Waals surface area contributed by atoms with E-state index in [0.717, 1.165) is 38.5 Å². The van der Waals surface area contributed by atoms with Gasteiger partial charge in [-0.2, -0.15) is 0 Å². The van der Waals surface area contributed by atoms with E-state index in [4.69, 9.17) is 9.47 Å². The van der Waals surface area contributed by atoms with Gasteiger partial charge in [0.15, 0.2) is 0 Å². The lowest BCUT2D eigenvalue weighted by atomic mass is 9.79. The van der Waals surface area contributed by atoms with Crippen molar-refractivity contribution in [3.63, 3.8) is 0 Å². The maximum Gasteiger partial charge on any atom is 0.310 e. The van der Waals surface area contributed by atoms with Crippen LogP contribution in [0.3, 0.4) is 0 Å². The van der Waals surface area contributed by atoms with Gasteiger partial charge in [0.1, 0.15) is 0 Å². The molecule has 0 amide bonds. The molecule has 1 rings (SSSR count). The molecule has 0 aromatic rings. The Morgan fingerprint density at radius 1 is 0.808 bits per heavy atom. The molecule has 26 heavy (non-hydrogen) atoms. The summed E-state index contributed by atoms with van der Waals surface area (Å²) < 4.78 is 10.8. The maximum atomic E-state index is 12.4. The molecule has 0 aromatic heterocycles. The van der Waals surface area contributed by atoms with Crippen molar-refractivity contribution in [1.29, 1.82) is 0 Å². The van der Waals surface area contributed by atoms with Crippen LogP contribution in [0.25, 0.3) is 0 Å². The first-order chi connectivity index (χ1) is 12.6. The zero-order valence-electron chi connectivity index (χ0n) is 17.3. The van der Waals surface area contributed by atoms with Crippen LogP contribution >= 0.6 is 0 Å². The van der Waals surface area contributed by atoms with E-state index in [9.17, 15) is 9.59 Å². The standard InChI is InChI=1S/C22H40O4/c1-4-5-6-7-8-9-10-11-14-17-25-21(23)19-15-12-13-16-20(19)22(24)26-18(2)3/h18-20H,4-17H2,1-3H3. The monoisotopic (exact) mass is 368 g/mol. The molecule has 0 saturated heterocycles. The minimum Gasteiger partial charge on any atom is -0.465 e. The second-order valence-corrected chi connectivity index (χ2v) is 7.98. The Hall–Kier alpha value is -1.06. The van der Waals surface area contributed by atoms with Crippen LogP contribution in [0.5, 0.6) is 0 Å². The number of unbranched alkanes of at least 4 members (excludes halogenated alkanes) is 8. The van der Waals surface area contributed by atoms with Gasteiger partial charge in [-0.1, -0.05) is 71.1 Å². The summed E-state index contributed by atoms with van der Waals surface area (Å²) in [6.07, 6.45) is 14.5. The summed E-state index contributed by atoms with van der Waals surface area (Å²) in [5.74, 6) is -1.06. The van der Waals surface area contributed by atoms with Crippen molar-refractivity contribution in [1.82, 2.24) is 0 Å². The Kier molecular flexibility index (Phi) is 12.4. The topological polar surface area (TPSA) is 52.6 Å². The molecule has 0 aliphatic heterocycles. The van der Waals surface area contributed by atoms with E-state index in [1.54, 1.807) is 0 Å². The molecule has 4 nitrogen and oxygen atoms in total. The SMILES string of the molecule is CCCCCCCCCCCOC(=O)C1CCCCC1C(=O)OC(C)C. The molecule has 2 atom stereocenters. The first-order valence-corrected chi connectivity index (χ1v) is 10.9. The summed E-state index contributed by atoms with van der Waals surface area (Å²) in [6.45, 7) is 6.41. The molecule has 0 radical (unpaired) electrons. The summed E-state index contributed by atoms with van der Waals surface area (Å²) in [7, 11) is 0. The van der Waals surface area contributed by atoms with E-state index in [1.807, 2.05) is 13.8 Å². The molecule has 0 N–H and O–H groups in total. The number of rotatable bonds is 13. The maximum absolute atomic E-state index is 12.4. The molecular weight excluding hydrogens is 328 g/mol. The number of carbonyl (C=O) groups is 2. The summed E-state index contributed by atoms with van der Waals surface area (Å²) >= 11 is 0. The van der Waals surface area contributed by atoms with Crippen LogP contribution in [0.2, 0.25) is 0 Å². The van der Waals surface area contributed by atoms with Gasteiger partial charge in [-0.15, -0.1) is 0 Å². The Morgan fingerprint density at radius 3 is 1.85 bits per heavy atom. The number of hydrogen-bond donors (Lipinski definition) is 0. The van der Waals surface area contributed by atoms with E-state index < -0.39 is 0 Å². The Bertz CT molecular complexity index is 392. The molecule has 1 saturated carbocycles. The normalized spacial score (nSPS) is 20.2. The highest BCUT2D eigenvalue weighted by Crippen LogP contribution is 2.32. The summed E-state index contributed by atoms with van der Waals surface area (Å²) in [6, 6.07) is 0. The van der Waals surface area contributed by atoms with Crippen LogP contribution in [0, 0.1) is 11.8 Å². The fourth-order valence-electron chi connectivity index (χ4n) is 3.71. The largest absolute Gasteiger partial charge is 0.465 e. The van der Waals surface area contributed by atoms with E-state index in [2.05, 4.69) is 6.92 Å². The summed E-state index contributed by atoms with van der Waals surface area (Å²) in [4.78, 5) is 24.6. The highest BCUT2D eigenvalue weighted by Gasteiger charge is 2.38. The van der Waals surface area contributed by atoms with Gasteiger partial charge in [0, 0.05) is 0 Å². The van der Waals surface area contributed by atoms with Gasteiger partial charge in [-0.3, -0.25) is 9.59 Å². The molecule has 0 heterocycles. The average molecular weight is 369 g/mol. The fourth-order valence-corrected chi connectivity index (χ4v) is 3.71. The van der Waals surface area contributed by atoms with Crippen molar-refractivity contribution in [3.8, 4) is 0 Å². The van der Waals surface area contributed by atoms with E-state index in [-0.39, 0.29) is 29.9 Å². The smallest absolute Gasteiger partial charge is 0.310 e. The third-order valence-electron chi connectivity index (χ3n) is 5.22. The van der Waals surface area contributed by atoms with Crippen LogP contribution in [0.15, 0.2) is 0 Å². The molecule has 1 fully saturated rings. The van der Waals surface area contributed by atoms with Gasteiger partial charge in [-0.05, 0) is 33.1 Å². The van der Waals surface area contributed by atoms with Crippen LogP contribution < -0.4 is 0 Å². The molecule has 1 aliphatic carbocycles. The summed E-state index contributed by atoms with van der Waals surface area (Å²) in [5, 5.41) is 0. The molecule has 1 aliphatic rings. The first kappa shape index (κ1) is 23.0. The van der Waals surface area contributed by atoms with E-state index in [1.165, 1.54) is 44.9 Å². The lowest BCUT2D eigenvalue weighted by Gasteiger charge is -2.28. The molecule has 0 bridgehead atoms. The highest BCUT2D eigenvalue weighted by molar-refractivity contribution is 5.82. The fraction of sp³-hybridized carbons (Fsp3) is 0.909. The third kappa shape index (κ3) is 9.59. The quantitative estimate of drug-likeness (QED) is 0.304. The number of esters is 2. The molecule has 152 valence electrons. The zero-order valence-corrected chi connectivity index (χ0v) is 17.3. The van der Waals surface area contributed by atoms with Gasteiger partial charge in [0.25, 0.3) is 0 Å².